The van der Waals surface area contributed by atoms with Crippen LogP contribution in [0.1, 0.15) is 96.3 Å². The lowest BCUT2D eigenvalue weighted by Crippen LogP contribution is -2.52. The molecule has 0 aromatic heterocycles. The molecular formula is C22H38O3Si. The van der Waals surface area contributed by atoms with E-state index in [0.29, 0.717) is 18.3 Å². The minimum absolute atomic E-state index is 0.303. The average molecular weight is 379 g/mol. The second-order valence-electron chi connectivity index (χ2n) is 8.33. The van der Waals surface area contributed by atoms with Crippen molar-refractivity contribution in [2.75, 3.05) is 0 Å². The van der Waals surface area contributed by atoms with Gasteiger partial charge in [0, 0.05) is 18.3 Å². The Morgan fingerprint density at radius 3 is 1.23 bits per heavy atom. The van der Waals surface area contributed by atoms with E-state index in [-0.39, 0.29) is 0 Å². The summed E-state index contributed by atoms with van der Waals surface area (Å²) < 4.78 is 20.2. The second kappa shape index (κ2) is 10.8. The van der Waals surface area contributed by atoms with E-state index in [1.165, 1.54) is 57.8 Å². The van der Waals surface area contributed by atoms with Crippen molar-refractivity contribution >= 4 is 8.80 Å². The Hall–Kier alpha value is -0.423. The smallest absolute Gasteiger partial charge is 0.367 e. The molecule has 0 aliphatic heterocycles. The third kappa shape index (κ3) is 6.33. The van der Waals surface area contributed by atoms with Crippen molar-refractivity contribution in [3.05, 3.63) is 24.4 Å². The molecule has 0 aromatic rings. The highest BCUT2D eigenvalue weighted by Gasteiger charge is 2.45. The maximum atomic E-state index is 6.75. The summed E-state index contributed by atoms with van der Waals surface area (Å²) in [6.07, 6.45) is 23.3. The SMILES string of the molecule is C=CC=C[Si](OC1CCCCC1)(OC1CCCCC1)OC1CCCCC1. The Morgan fingerprint density at radius 2 is 0.923 bits per heavy atom. The zero-order chi connectivity index (χ0) is 18.1. The number of allylic oxidation sites excluding steroid dienone is 2. The van der Waals surface area contributed by atoms with E-state index in [2.05, 4.69) is 12.3 Å². The normalized spacial score (nSPS) is 24.9. The van der Waals surface area contributed by atoms with Crippen LogP contribution in [-0.4, -0.2) is 27.1 Å². The van der Waals surface area contributed by atoms with Gasteiger partial charge in [-0.2, -0.15) is 0 Å². The van der Waals surface area contributed by atoms with Gasteiger partial charge in [-0.25, -0.2) is 0 Å². The highest BCUT2D eigenvalue weighted by molar-refractivity contribution is 6.66. The number of hydrogen-bond donors (Lipinski definition) is 0. The van der Waals surface area contributed by atoms with Gasteiger partial charge in [-0.3, -0.25) is 0 Å². The average Bonchev–Trinajstić information content (AvgIpc) is 2.69. The summed E-state index contributed by atoms with van der Waals surface area (Å²) in [4.78, 5) is 0. The molecule has 3 saturated carbocycles. The zero-order valence-electron chi connectivity index (χ0n) is 16.5. The highest BCUT2D eigenvalue weighted by atomic mass is 28.4. The van der Waals surface area contributed by atoms with Crippen LogP contribution in [-0.2, 0) is 13.3 Å². The predicted octanol–water partition coefficient (Wildman–Crippen LogP) is 6.25. The molecule has 0 aromatic carbocycles. The van der Waals surface area contributed by atoms with Crippen LogP contribution in [0.2, 0.25) is 0 Å². The van der Waals surface area contributed by atoms with Crippen molar-refractivity contribution in [2.24, 2.45) is 0 Å². The molecule has 0 heterocycles. The lowest BCUT2D eigenvalue weighted by molar-refractivity contribution is -0.0319. The van der Waals surface area contributed by atoms with Gasteiger partial charge in [0.05, 0.1) is 0 Å². The topological polar surface area (TPSA) is 27.7 Å². The standard InChI is InChI=1S/C22H38O3Si/c1-2-3-19-26(23-20-13-7-4-8-14-20,24-21-15-9-5-10-16-21)25-22-17-11-6-12-18-22/h2-3,19-22H,1,4-18H2. The molecule has 0 N–H and O–H groups in total. The summed E-state index contributed by atoms with van der Waals surface area (Å²) in [6.45, 7) is 3.87. The van der Waals surface area contributed by atoms with E-state index in [1.54, 1.807) is 0 Å². The summed E-state index contributed by atoms with van der Waals surface area (Å²) in [7, 11) is -2.83. The monoisotopic (exact) mass is 378 g/mol. The maximum Gasteiger partial charge on any atom is 0.530 e. The van der Waals surface area contributed by atoms with Crippen LogP contribution in [0.25, 0.3) is 0 Å². The van der Waals surface area contributed by atoms with Crippen molar-refractivity contribution in [2.45, 2.75) is 115 Å². The van der Waals surface area contributed by atoms with E-state index in [9.17, 15) is 0 Å². The van der Waals surface area contributed by atoms with Crippen LogP contribution in [0.15, 0.2) is 24.4 Å². The molecule has 0 saturated heterocycles. The molecule has 0 radical (unpaired) electrons. The van der Waals surface area contributed by atoms with Crippen LogP contribution in [0, 0.1) is 0 Å². The largest absolute Gasteiger partial charge is 0.530 e. The molecular weight excluding hydrogens is 340 g/mol. The van der Waals surface area contributed by atoms with Crippen molar-refractivity contribution in [3.63, 3.8) is 0 Å². The molecule has 4 heteroatoms. The predicted molar refractivity (Wildman–Crippen MR) is 109 cm³/mol. The van der Waals surface area contributed by atoms with Gasteiger partial charge in [0.2, 0.25) is 0 Å². The number of hydrogen-bond acceptors (Lipinski definition) is 3. The fraction of sp³-hybridized carbons (Fsp3) is 0.818. The lowest BCUT2D eigenvalue weighted by Gasteiger charge is -2.39. The molecule has 3 nitrogen and oxygen atoms in total. The van der Waals surface area contributed by atoms with E-state index < -0.39 is 8.80 Å². The minimum atomic E-state index is -2.83. The first kappa shape index (κ1) is 20.3. The number of rotatable bonds is 8. The van der Waals surface area contributed by atoms with Gasteiger partial charge in [0.15, 0.2) is 0 Å². The molecule has 0 amide bonds. The molecule has 3 aliphatic carbocycles. The van der Waals surface area contributed by atoms with Gasteiger partial charge in [0.25, 0.3) is 0 Å². The first-order valence-corrected chi connectivity index (χ1v) is 12.9. The second-order valence-corrected chi connectivity index (χ2v) is 10.6. The van der Waals surface area contributed by atoms with Crippen molar-refractivity contribution < 1.29 is 13.3 Å². The highest BCUT2D eigenvalue weighted by Crippen LogP contribution is 2.32. The third-order valence-corrected chi connectivity index (χ3v) is 8.67. The van der Waals surface area contributed by atoms with Gasteiger partial charge in [-0.15, -0.1) is 0 Å². The van der Waals surface area contributed by atoms with Crippen LogP contribution in [0.3, 0.4) is 0 Å². The Labute approximate surface area is 161 Å². The summed E-state index contributed by atoms with van der Waals surface area (Å²) in [6, 6.07) is 0. The van der Waals surface area contributed by atoms with Gasteiger partial charge >= 0.3 is 8.80 Å². The first-order chi connectivity index (χ1) is 12.8. The Balaban J connectivity index is 1.75. The quantitative estimate of drug-likeness (QED) is 0.369. The van der Waals surface area contributed by atoms with Crippen LogP contribution < -0.4 is 0 Å². The van der Waals surface area contributed by atoms with Gasteiger partial charge in [-0.1, -0.05) is 76.5 Å². The molecule has 0 bridgehead atoms. The van der Waals surface area contributed by atoms with Crippen molar-refractivity contribution in [1.29, 1.82) is 0 Å². The molecule has 3 rings (SSSR count). The molecule has 148 valence electrons. The van der Waals surface area contributed by atoms with Gasteiger partial charge < -0.3 is 13.3 Å². The van der Waals surface area contributed by atoms with E-state index in [0.717, 1.165) is 38.5 Å². The van der Waals surface area contributed by atoms with Gasteiger partial charge in [0.1, 0.15) is 0 Å². The molecule has 0 unspecified atom stereocenters. The van der Waals surface area contributed by atoms with E-state index in [4.69, 9.17) is 13.3 Å². The summed E-state index contributed by atoms with van der Waals surface area (Å²) >= 11 is 0. The molecule has 3 aliphatic rings. The Bertz CT molecular complexity index is 382. The molecule has 3 fully saturated rings. The fourth-order valence-electron chi connectivity index (χ4n) is 4.63. The third-order valence-electron chi connectivity index (χ3n) is 6.09. The van der Waals surface area contributed by atoms with E-state index >= 15 is 0 Å². The molecule has 0 spiro atoms. The maximum absolute atomic E-state index is 6.75. The summed E-state index contributed by atoms with van der Waals surface area (Å²) in [5.41, 5.74) is 2.12. The minimum Gasteiger partial charge on any atom is -0.367 e. The lowest BCUT2D eigenvalue weighted by atomic mass is 9.98. The van der Waals surface area contributed by atoms with Gasteiger partial charge in [-0.05, 0) is 44.2 Å². The Kier molecular flexibility index (Phi) is 8.43. The van der Waals surface area contributed by atoms with Crippen molar-refractivity contribution in [3.8, 4) is 0 Å². The summed E-state index contributed by atoms with van der Waals surface area (Å²) in [5.74, 6) is 0. The van der Waals surface area contributed by atoms with Crippen LogP contribution in [0.5, 0.6) is 0 Å². The van der Waals surface area contributed by atoms with Crippen molar-refractivity contribution in [1.82, 2.24) is 0 Å². The first-order valence-electron chi connectivity index (χ1n) is 11.1. The van der Waals surface area contributed by atoms with Crippen LogP contribution in [0.4, 0.5) is 0 Å². The zero-order valence-corrected chi connectivity index (χ0v) is 17.5. The van der Waals surface area contributed by atoms with E-state index in [1.807, 2.05) is 12.2 Å². The Morgan fingerprint density at radius 1 is 0.577 bits per heavy atom. The van der Waals surface area contributed by atoms with Crippen LogP contribution >= 0.6 is 0 Å². The molecule has 26 heavy (non-hydrogen) atoms. The fourth-order valence-corrected chi connectivity index (χ4v) is 7.51. The molecule has 0 atom stereocenters. The summed E-state index contributed by atoms with van der Waals surface area (Å²) in [5, 5.41) is 0.